The standard InChI is InChI=1S/C41H33N5/c1-2-7-27(8-3-1)36-24-46-23-34-37(41(46)45-36)32-11-4-5-12-35(32)44-38(34)30-10-6-9-29(21-30)25-13-15-26(16-14-25)33-22-43-40-31(33)18-17-28-19-20-42-39(28)40/h1-16,19-22,32,35-36,41-42H,17-18,23-24H2/q-2. The summed E-state index contributed by atoms with van der Waals surface area (Å²) in [4.78, 5) is 16.2. The molecule has 10 rings (SSSR count). The third kappa shape index (κ3) is 4.05. The minimum absolute atomic E-state index is 0.110. The Morgan fingerprint density at radius 2 is 1.65 bits per heavy atom. The number of hydrogen-bond donors (Lipinski definition) is 1. The van der Waals surface area contributed by atoms with Crippen LogP contribution in [0.15, 0.2) is 138 Å². The number of nitrogens with zero attached hydrogens (tertiary/aromatic N) is 4. The molecular weight excluding hydrogens is 562 g/mol. The monoisotopic (exact) mass is 595 g/mol. The van der Waals surface area contributed by atoms with Crippen molar-refractivity contribution >= 4 is 5.71 Å². The summed E-state index contributed by atoms with van der Waals surface area (Å²) in [5.74, 6) is 0.271. The van der Waals surface area contributed by atoms with E-state index in [4.69, 9.17) is 15.3 Å². The van der Waals surface area contributed by atoms with Gasteiger partial charge in [0.05, 0.1) is 11.8 Å². The number of allylic oxidation sites excluding steroid dienone is 2. The average Bonchev–Trinajstić information content (AvgIpc) is 3.91. The lowest BCUT2D eigenvalue weighted by atomic mass is 9.80. The number of H-pyrrole nitrogens is 1. The summed E-state index contributed by atoms with van der Waals surface area (Å²) >= 11 is 0. The largest absolute Gasteiger partial charge is 0.662 e. The normalized spacial score (nSPS) is 24.3. The first kappa shape index (κ1) is 26.3. The molecule has 1 fully saturated rings. The van der Waals surface area contributed by atoms with Gasteiger partial charge in [0.15, 0.2) is 0 Å². The molecule has 5 aromatic rings. The van der Waals surface area contributed by atoms with Gasteiger partial charge >= 0.3 is 0 Å². The minimum atomic E-state index is 0.110. The van der Waals surface area contributed by atoms with E-state index in [1.165, 1.54) is 61.3 Å². The Labute approximate surface area is 269 Å². The van der Waals surface area contributed by atoms with E-state index >= 15 is 0 Å². The van der Waals surface area contributed by atoms with Crippen molar-refractivity contribution in [1.82, 2.24) is 14.9 Å². The lowest BCUT2D eigenvalue weighted by molar-refractivity contribution is 0.335. The van der Waals surface area contributed by atoms with Crippen molar-refractivity contribution in [3.05, 3.63) is 160 Å². The van der Waals surface area contributed by atoms with Gasteiger partial charge in [-0.2, -0.15) is 6.20 Å². The molecule has 5 heteroatoms. The highest BCUT2D eigenvalue weighted by Crippen LogP contribution is 2.49. The highest BCUT2D eigenvalue weighted by atomic mass is 15.4. The molecule has 224 valence electrons. The van der Waals surface area contributed by atoms with E-state index in [1.54, 1.807) is 0 Å². The van der Waals surface area contributed by atoms with Crippen molar-refractivity contribution in [2.24, 2.45) is 10.9 Å². The fraction of sp³-hybridized carbons (Fsp3) is 0.195. The van der Waals surface area contributed by atoms with Crippen LogP contribution in [0.5, 0.6) is 0 Å². The van der Waals surface area contributed by atoms with Crippen LogP contribution >= 0.6 is 0 Å². The fourth-order valence-corrected chi connectivity index (χ4v) is 8.35. The second-order valence-electron chi connectivity index (χ2n) is 13.1. The maximum atomic E-state index is 5.40. The topological polar surface area (TPSA) is 59.6 Å². The first-order valence-electron chi connectivity index (χ1n) is 16.5. The van der Waals surface area contributed by atoms with Gasteiger partial charge in [-0.05, 0) is 64.9 Å². The zero-order chi connectivity index (χ0) is 30.2. The quantitative estimate of drug-likeness (QED) is 0.229. The van der Waals surface area contributed by atoms with Crippen molar-refractivity contribution < 1.29 is 0 Å². The lowest BCUT2D eigenvalue weighted by Crippen LogP contribution is -2.31. The van der Waals surface area contributed by atoms with Crippen molar-refractivity contribution in [2.75, 3.05) is 13.1 Å². The molecule has 5 heterocycles. The molecule has 0 spiro atoms. The molecule has 5 nitrogen and oxygen atoms in total. The summed E-state index contributed by atoms with van der Waals surface area (Å²) in [6, 6.07) is 31.2. The van der Waals surface area contributed by atoms with Crippen LogP contribution in [0.25, 0.3) is 39.0 Å². The predicted octanol–water partition coefficient (Wildman–Crippen LogP) is 8.05. The van der Waals surface area contributed by atoms with E-state index in [0.717, 1.165) is 37.3 Å². The van der Waals surface area contributed by atoms with Crippen molar-refractivity contribution in [3.63, 3.8) is 0 Å². The maximum Gasteiger partial charge on any atom is 0.0790 e. The van der Waals surface area contributed by atoms with Gasteiger partial charge in [-0.1, -0.05) is 126 Å². The number of nitrogens with one attached hydrogen (secondary N) is 1. The Morgan fingerprint density at radius 3 is 2.57 bits per heavy atom. The summed E-state index contributed by atoms with van der Waals surface area (Å²) in [5, 5.41) is 5.40. The SMILES string of the molecule is C1=CC2N=C(c3cccc(-c4ccc(-c5c[n-]c6c5CCc5cc[nH]c5-6)cc4)c3)C3=C(C2C=C1)C1[N-]C(c2ccccc2)CN1C3. The first-order chi connectivity index (χ1) is 22.8. The molecule has 0 bridgehead atoms. The molecule has 2 aliphatic carbocycles. The van der Waals surface area contributed by atoms with Crippen LogP contribution in [0.4, 0.5) is 0 Å². The molecule has 4 unspecified atom stereocenters. The zero-order valence-corrected chi connectivity index (χ0v) is 25.5. The molecule has 1 saturated heterocycles. The number of dihydropyridines is 1. The molecule has 3 aromatic carbocycles. The number of hydrogen-bond acceptors (Lipinski definition) is 2. The van der Waals surface area contributed by atoms with E-state index in [0.29, 0.717) is 0 Å². The second kappa shape index (κ2) is 10.3. The van der Waals surface area contributed by atoms with E-state index in [-0.39, 0.29) is 24.2 Å². The Bertz CT molecular complexity index is 2100. The van der Waals surface area contributed by atoms with Gasteiger partial charge in [-0.15, -0.1) is 5.69 Å². The third-order valence-corrected chi connectivity index (χ3v) is 10.6. The summed E-state index contributed by atoms with van der Waals surface area (Å²) < 4.78 is 0. The zero-order valence-electron chi connectivity index (χ0n) is 25.5. The number of aliphatic imine (C=N–C) groups is 1. The Morgan fingerprint density at radius 1 is 0.804 bits per heavy atom. The molecule has 4 atom stereocenters. The number of rotatable bonds is 4. The predicted molar refractivity (Wildman–Crippen MR) is 185 cm³/mol. The number of fused-ring (bicyclic) bond motifs is 7. The van der Waals surface area contributed by atoms with Gasteiger partial charge in [0.25, 0.3) is 0 Å². The Hall–Kier alpha value is -4.97. The average molecular weight is 596 g/mol. The second-order valence-corrected chi connectivity index (χ2v) is 13.1. The molecule has 1 N–H and O–H groups in total. The highest BCUT2D eigenvalue weighted by molar-refractivity contribution is 6.15. The van der Waals surface area contributed by atoms with Crippen LogP contribution in [0.3, 0.4) is 0 Å². The summed E-state index contributed by atoms with van der Waals surface area (Å²) in [6.07, 6.45) is 15.2. The molecular formula is C41H33N5-2. The number of aryl methyl sites for hydroxylation is 1. The van der Waals surface area contributed by atoms with Gasteiger partial charge in [-0.25, -0.2) is 0 Å². The molecule has 46 heavy (non-hydrogen) atoms. The van der Waals surface area contributed by atoms with E-state index in [1.807, 2.05) is 12.4 Å². The van der Waals surface area contributed by atoms with Crippen molar-refractivity contribution in [2.45, 2.75) is 31.1 Å². The van der Waals surface area contributed by atoms with Crippen LogP contribution in [0.1, 0.15) is 28.3 Å². The smallest absolute Gasteiger partial charge is 0.0790 e. The van der Waals surface area contributed by atoms with Crippen LogP contribution < -0.4 is 4.98 Å². The van der Waals surface area contributed by atoms with E-state index in [2.05, 4.69) is 119 Å². The first-order valence-corrected chi connectivity index (χ1v) is 16.5. The minimum Gasteiger partial charge on any atom is -0.662 e. The molecule has 0 saturated carbocycles. The van der Waals surface area contributed by atoms with Gasteiger partial charge in [0.1, 0.15) is 0 Å². The molecule has 5 aliphatic rings. The molecule has 0 amide bonds. The number of aromatic nitrogens is 2. The summed E-state index contributed by atoms with van der Waals surface area (Å²) in [7, 11) is 0. The van der Waals surface area contributed by atoms with Crippen LogP contribution in [0, 0.1) is 5.92 Å². The maximum absolute atomic E-state index is 5.40. The van der Waals surface area contributed by atoms with Crippen LogP contribution in [-0.4, -0.2) is 40.9 Å². The van der Waals surface area contributed by atoms with Gasteiger partial charge in [0, 0.05) is 29.9 Å². The molecule has 2 aromatic heterocycles. The molecule has 3 aliphatic heterocycles. The van der Waals surface area contributed by atoms with E-state index < -0.39 is 0 Å². The van der Waals surface area contributed by atoms with Gasteiger partial charge in [0.2, 0.25) is 0 Å². The van der Waals surface area contributed by atoms with Crippen molar-refractivity contribution in [1.29, 1.82) is 0 Å². The highest BCUT2D eigenvalue weighted by Gasteiger charge is 2.42. The Kier molecular flexibility index (Phi) is 5.87. The summed E-state index contributed by atoms with van der Waals surface area (Å²) in [5.41, 5.74) is 16.4. The number of benzene rings is 3. The van der Waals surface area contributed by atoms with E-state index in [9.17, 15) is 0 Å². The Balaban J connectivity index is 0.968. The molecule has 0 radical (unpaired) electrons. The van der Waals surface area contributed by atoms with Gasteiger partial charge in [-0.3, -0.25) is 4.99 Å². The van der Waals surface area contributed by atoms with Crippen LogP contribution in [0.2, 0.25) is 0 Å². The van der Waals surface area contributed by atoms with Crippen LogP contribution in [-0.2, 0) is 12.8 Å². The lowest BCUT2D eigenvalue weighted by Gasteiger charge is -2.38. The fourth-order valence-electron chi connectivity index (χ4n) is 8.35. The summed E-state index contributed by atoms with van der Waals surface area (Å²) in [6.45, 7) is 1.85. The number of aromatic amines is 1. The van der Waals surface area contributed by atoms with Gasteiger partial charge < -0.3 is 20.2 Å². The van der Waals surface area contributed by atoms with Crippen molar-refractivity contribution in [3.8, 4) is 33.6 Å². The third-order valence-electron chi connectivity index (χ3n) is 10.6.